The van der Waals surface area contributed by atoms with Crippen molar-refractivity contribution in [2.75, 3.05) is 13.2 Å². The molecule has 164 valence electrons. The molecule has 0 aliphatic carbocycles. The molecule has 0 aliphatic heterocycles. The summed E-state index contributed by atoms with van der Waals surface area (Å²) in [5.74, 6) is -0.0214. The molecule has 2 amide bonds. The number of alkyl halides is 3. The molecule has 0 unspecified atom stereocenters. The third kappa shape index (κ3) is 6.14. The molecule has 1 heterocycles. The zero-order chi connectivity index (χ0) is 22.4. The Balaban J connectivity index is 1.62. The summed E-state index contributed by atoms with van der Waals surface area (Å²) in [5, 5.41) is 2.99. The van der Waals surface area contributed by atoms with Gasteiger partial charge in [0.25, 0.3) is 11.1 Å². The Hall–Kier alpha value is -3.21. The molecule has 11 heteroatoms. The first kappa shape index (κ1) is 22.5. The van der Waals surface area contributed by atoms with E-state index in [2.05, 4.69) is 15.0 Å². The van der Waals surface area contributed by atoms with Gasteiger partial charge in [0, 0.05) is 12.3 Å². The lowest BCUT2D eigenvalue weighted by molar-refractivity contribution is -0.137. The van der Waals surface area contributed by atoms with E-state index in [0.717, 1.165) is 12.1 Å². The van der Waals surface area contributed by atoms with Gasteiger partial charge in [-0.15, -0.1) is 0 Å². The highest BCUT2D eigenvalue weighted by atomic mass is 32.2. The van der Waals surface area contributed by atoms with Gasteiger partial charge in [0.1, 0.15) is 5.52 Å². The first-order valence-corrected chi connectivity index (χ1v) is 10.1. The topological polar surface area (TPSA) is 107 Å². The molecule has 0 radical (unpaired) electrons. The maximum Gasteiger partial charge on any atom is 0.416 e. The van der Waals surface area contributed by atoms with Crippen molar-refractivity contribution < 1.29 is 31.9 Å². The number of benzene rings is 2. The molecule has 3 rings (SSSR count). The molecule has 0 saturated heterocycles. The molecule has 0 saturated carbocycles. The second-order valence-corrected chi connectivity index (χ2v) is 7.32. The lowest BCUT2D eigenvalue weighted by Crippen LogP contribution is -2.26. The number of hydrogen-bond acceptors (Lipinski definition) is 6. The fraction of sp³-hybridized carbons (Fsp3) is 0.250. The van der Waals surface area contributed by atoms with Crippen molar-refractivity contribution >= 4 is 34.9 Å². The van der Waals surface area contributed by atoms with E-state index in [1.807, 2.05) is 0 Å². The van der Waals surface area contributed by atoms with E-state index < -0.39 is 17.8 Å². The van der Waals surface area contributed by atoms with Crippen LogP contribution in [0.2, 0.25) is 0 Å². The van der Waals surface area contributed by atoms with Gasteiger partial charge in [-0.05, 0) is 36.2 Å². The number of halogens is 3. The molecule has 0 fully saturated rings. The van der Waals surface area contributed by atoms with Gasteiger partial charge in [-0.2, -0.15) is 13.2 Å². The molecule has 3 aromatic rings. The number of nitrogens with zero attached hydrogens (tertiary/aromatic N) is 1. The summed E-state index contributed by atoms with van der Waals surface area (Å²) < 4.78 is 48.3. The molecule has 0 spiro atoms. The van der Waals surface area contributed by atoms with Crippen LogP contribution in [-0.2, 0) is 16.7 Å². The van der Waals surface area contributed by atoms with E-state index >= 15 is 0 Å². The van der Waals surface area contributed by atoms with Crippen molar-refractivity contribution in [2.24, 2.45) is 5.73 Å². The summed E-state index contributed by atoms with van der Waals surface area (Å²) in [4.78, 5) is 27.3. The molecule has 7 nitrogen and oxygen atoms in total. The van der Waals surface area contributed by atoms with E-state index in [9.17, 15) is 22.8 Å². The molecular weight excluding hydrogens is 435 g/mol. The Morgan fingerprint density at radius 1 is 1.16 bits per heavy atom. The third-order valence-electron chi connectivity index (χ3n) is 4.13. The lowest BCUT2D eigenvalue weighted by atomic mass is 10.1. The highest BCUT2D eigenvalue weighted by molar-refractivity contribution is 7.98. The molecule has 0 aliphatic rings. The number of fused-ring (bicyclic) bond motifs is 1. The zero-order valence-corrected chi connectivity index (χ0v) is 16.9. The van der Waals surface area contributed by atoms with Crippen LogP contribution in [0.25, 0.3) is 11.1 Å². The number of carbonyl (C=O) groups is 2. The standard InChI is InChI=1S/C20H18F3N3O4S/c21-20(22,23)13-7-5-12(6-8-13)11-31-19-26-15-4-1-3-14(16(15)30-19)17(27)25-9-2-10-29-18(24)28/h1,3-8H,2,9-11H2,(H2,24,28)(H,25,27). The summed E-state index contributed by atoms with van der Waals surface area (Å²) >= 11 is 1.21. The summed E-state index contributed by atoms with van der Waals surface area (Å²) in [6.45, 7) is 0.360. The number of aromatic nitrogens is 1. The zero-order valence-electron chi connectivity index (χ0n) is 16.1. The maximum atomic E-state index is 12.7. The van der Waals surface area contributed by atoms with Gasteiger partial charge in [0.15, 0.2) is 5.58 Å². The molecule has 0 atom stereocenters. The maximum absolute atomic E-state index is 12.7. The first-order chi connectivity index (χ1) is 14.7. The number of carbonyl (C=O) groups excluding carboxylic acids is 2. The monoisotopic (exact) mass is 453 g/mol. The molecule has 0 bridgehead atoms. The average molecular weight is 453 g/mol. The minimum Gasteiger partial charge on any atom is -0.450 e. The average Bonchev–Trinajstić information content (AvgIpc) is 3.14. The van der Waals surface area contributed by atoms with Crippen LogP contribution >= 0.6 is 11.8 Å². The summed E-state index contributed by atoms with van der Waals surface area (Å²) in [6, 6.07) is 9.81. The molecule has 1 aromatic heterocycles. The van der Waals surface area contributed by atoms with Crippen molar-refractivity contribution in [3.63, 3.8) is 0 Å². The van der Waals surface area contributed by atoms with E-state index in [1.165, 1.54) is 23.9 Å². The fourth-order valence-corrected chi connectivity index (χ4v) is 3.43. The van der Waals surface area contributed by atoms with E-state index in [4.69, 9.17) is 10.2 Å². The second-order valence-electron chi connectivity index (χ2n) is 6.39. The number of hydrogen-bond donors (Lipinski definition) is 2. The molecule has 3 N–H and O–H groups in total. The predicted molar refractivity (Wildman–Crippen MR) is 107 cm³/mol. The van der Waals surface area contributed by atoms with Crippen LogP contribution in [-0.4, -0.2) is 30.1 Å². The number of nitrogens with one attached hydrogen (secondary N) is 1. The second kappa shape index (κ2) is 9.73. The molecule has 31 heavy (non-hydrogen) atoms. The van der Waals surface area contributed by atoms with Crippen LogP contribution in [0.1, 0.15) is 27.9 Å². The van der Waals surface area contributed by atoms with E-state index in [-0.39, 0.29) is 19.1 Å². The number of amides is 2. The number of primary amides is 1. The minimum absolute atomic E-state index is 0.0901. The van der Waals surface area contributed by atoms with Crippen LogP contribution in [0.5, 0.6) is 0 Å². The number of oxazole rings is 1. The van der Waals surface area contributed by atoms with Gasteiger partial charge in [-0.3, -0.25) is 4.79 Å². The molecule has 2 aromatic carbocycles. The lowest BCUT2D eigenvalue weighted by Gasteiger charge is -2.06. The SMILES string of the molecule is NC(=O)OCCCNC(=O)c1cccc2nc(SCc3ccc(C(F)(F)F)cc3)oc12. The first-order valence-electron chi connectivity index (χ1n) is 9.13. The van der Waals surface area contributed by atoms with Gasteiger partial charge < -0.3 is 20.2 Å². The van der Waals surface area contributed by atoms with E-state index in [0.29, 0.717) is 39.6 Å². The van der Waals surface area contributed by atoms with Crippen molar-refractivity contribution in [1.29, 1.82) is 0 Å². The Labute approximate surface area is 179 Å². The van der Waals surface area contributed by atoms with Crippen LogP contribution in [0.15, 0.2) is 52.1 Å². The van der Waals surface area contributed by atoms with Gasteiger partial charge in [0.2, 0.25) is 0 Å². The Morgan fingerprint density at radius 2 is 1.90 bits per heavy atom. The number of nitrogens with two attached hydrogens (primary N) is 1. The van der Waals surface area contributed by atoms with Crippen molar-refractivity contribution in [3.8, 4) is 0 Å². The Kier molecular flexibility index (Phi) is 7.06. The summed E-state index contributed by atoms with van der Waals surface area (Å²) in [5.41, 5.74) is 5.92. The Morgan fingerprint density at radius 3 is 2.58 bits per heavy atom. The minimum atomic E-state index is -4.38. The quantitative estimate of drug-likeness (QED) is 0.388. The number of rotatable bonds is 8. The smallest absolute Gasteiger partial charge is 0.416 e. The van der Waals surface area contributed by atoms with E-state index in [1.54, 1.807) is 18.2 Å². The van der Waals surface area contributed by atoms with Crippen LogP contribution in [0, 0.1) is 0 Å². The predicted octanol–water partition coefficient (Wildman–Crippen LogP) is 4.35. The van der Waals surface area contributed by atoms with Crippen LogP contribution in [0.3, 0.4) is 0 Å². The van der Waals surface area contributed by atoms with Crippen LogP contribution < -0.4 is 11.1 Å². The fourth-order valence-electron chi connectivity index (χ4n) is 2.65. The van der Waals surface area contributed by atoms with Gasteiger partial charge in [-0.1, -0.05) is 30.0 Å². The third-order valence-corrected chi connectivity index (χ3v) is 5.03. The highest BCUT2D eigenvalue weighted by Crippen LogP contribution is 2.31. The number of thioether (sulfide) groups is 1. The number of para-hydroxylation sites is 1. The highest BCUT2D eigenvalue weighted by Gasteiger charge is 2.29. The van der Waals surface area contributed by atoms with Crippen molar-refractivity contribution in [2.45, 2.75) is 23.6 Å². The largest absolute Gasteiger partial charge is 0.450 e. The summed E-state index contributed by atoms with van der Waals surface area (Å²) in [6.07, 6.45) is -4.85. The molecular formula is C20H18F3N3O4S. The van der Waals surface area contributed by atoms with Gasteiger partial charge in [-0.25, -0.2) is 9.78 Å². The van der Waals surface area contributed by atoms with Crippen LogP contribution in [0.4, 0.5) is 18.0 Å². The summed E-state index contributed by atoms with van der Waals surface area (Å²) in [7, 11) is 0. The van der Waals surface area contributed by atoms with Crippen molar-refractivity contribution in [3.05, 3.63) is 59.2 Å². The normalized spacial score (nSPS) is 11.5. The van der Waals surface area contributed by atoms with Gasteiger partial charge in [0.05, 0.1) is 17.7 Å². The van der Waals surface area contributed by atoms with Gasteiger partial charge >= 0.3 is 12.3 Å². The number of ether oxygens (including phenoxy) is 1. The Bertz CT molecular complexity index is 1070. The van der Waals surface area contributed by atoms with Crippen molar-refractivity contribution in [1.82, 2.24) is 10.3 Å².